The summed E-state index contributed by atoms with van der Waals surface area (Å²) in [5.41, 5.74) is 1.80. The minimum Gasteiger partial charge on any atom is -0.377 e. The molecule has 0 aliphatic carbocycles. The number of ether oxygens (including phenoxy) is 1. The molecule has 0 fully saturated rings. The molecule has 0 atom stereocenters. The Hall–Kier alpha value is -1.64. The van der Waals surface area contributed by atoms with E-state index in [9.17, 15) is 4.79 Å². The van der Waals surface area contributed by atoms with Gasteiger partial charge in [-0.15, -0.1) is 16.8 Å². The van der Waals surface area contributed by atoms with Gasteiger partial charge in [0.15, 0.2) is 11.0 Å². The molecule has 2 aromatic rings. The van der Waals surface area contributed by atoms with Crippen LogP contribution in [-0.4, -0.2) is 33.5 Å². The molecule has 0 unspecified atom stereocenters. The number of benzene rings is 1. The van der Waals surface area contributed by atoms with E-state index in [1.807, 2.05) is 29.7 Å². The van der Waals surface area contributed by atoms with Gasteiger partial charge in [0.05, 0.1) is 5.75 Å². The van der Waals surface area contributed by atoms with Crippen LogP contribution in [0.4, 0.5) is 5.69 Å². The van der Waals surface area contributed by atoms with E-state index >= 15 is 0 Å². The summed E-state index contributed by atoms with van der Waals surface area (Å²) in [5, 5.41) is 11.8. The molecule has 24 heavy (non-hydrogen) atoms. The van der Waals surface area contributed by atoms with Gasteiger partial charge in [-0.05, 0) is 30.7 Å². The first-order valence-corrected chi connectivity index (χ1v) is 9.03. The molecule has 8 heteroatoms. The Kier molecular flexibility index (Phi) is 7.01. The van der Waals surface area contributed by atoms with Gasteiger partial charge in [0.2, 0.25) is 5.91 Å². The predicted molar refractivity (Wildman–Crippen MR) is 99.2 cm³/mol. The maximum atomic E-state index is 12.2. The number of halogens is 1. The Morgan fingerprint density at radius 2 is 2.29 bits per heavy atom. The van der Waals surface area contributed by atoms with Crippen molar-refractivity contribution in [3.05, 3.63) is 46.7 Å². The van der Waals surface area contributed by atoms with Gasteiger partial charge in [0, 0.05) is 23.8 Å². The van der Waals surface area contributed by atoms with Gasteiger partial charge >= 0.3 is 0 Å². The highest BCUT2D eigenvalue weighted by Gasteiger charge is 2.13. The zero-order valence-electron chi connectivity index (χ0n) is 13.6. The van der Waals surface area contributed by atoms with Crippen molar-refractivity contribution >= 4 is 39.3 Å². The van der Waals surface area contributed by atoms with Gasteiger partial charge in [-0.3, -0.25) is 4.79 Å². The largest absolute Gasteiger partial charge is 0.377 e. The van der Waals surface area contributed by atoms with E-state index in [0.717, 1.165) is 15.7 Å². The molecule has 1 amide bonds. The number of thioether (sulfide) groups is 1. The van der Waals surface area contributed by atoms with Crippen LogP contribution in [0, 0.1) is 6.92 Å². The molecule has 0 radical (unpaired) electrons. The number of anilines is 1. The first-order chi connectivity index (χ1) is 11.5. The van der Waals surface area contributed by atoms with E-state index in [0.29, 0.717) is 24.1 Å². The molecule has 0 saturated heterocycles. The van der Waals surface area contributed by atoms with Crippen molar-refractivity contribution in [2.75, 3.05) is 18.2 Å². The number of methoxy groups -OCH3 is 1. The second kappa shape index (κ2) is 9.00. The summed E-state index contributed by atoms with van der Waals surface area (Å²) in [6.45, 7) is 6.62. The van der Waals surface area contributed by atoms with Crippen LogP contribution in [0.2, 0.25) is 0 Å². The summed E-state index contributed by atoms with van der Waals surface area (Å²) in [6.07, 6.45) is 1.76. The molecule has 0 saturated carbocycles. The second-order valence-electron chi connectivity index (χ2n) is 5.03. The van der Waals surface area contributed by atoms with Gasteiger partial charge in [-0.2, -0.15) is 0 Å². The summed E-state index contributed by atoms with van der Waals surface area (Å²) >= 11 is 4.74. The van der Waals surface area contributed by atoms with Crippen LogP contribution in [0.5, 0.6) is 0 Å². The summed E-state index contributed by atoms with van der Waals surface area (Å²) in [5.74, 6) is 0.869. The van der Waals surface area contributed by atoms with E-state index in [1.165, 1.54) is 11.8 Å². The molecule has 1 aromatic heterocycles. The zero-order valence-corrected chi connectivity index (χ0v) is 16.0. The lowest BCUT2D eigenvalue weighted by Gasteiger charge is -2.09. The van der Waals surface area contributed by atoms with Crippen LogP contribution in [0.15, 0.2) is 40.5 Å². The predicted octanol–water partition coefficient (Wildman–Crippen LogP) is 3.41. The van der Waals surface area contributed by atoms with Crippen molar-refractivity contribution in [1.29, 1.82) is 0 Å². The third kappa shape index (κ3) is 4.93. The molecular formula is C16H19BrN4O2S. The van der Waals surface area contributed by atoms with Crippen molar-refractivity contribution in [2.24, 2.45) is 0 Å². The molecular weight excluding hydrogens is 392 g/mol. The highest BCUT2D eigenvalue weighted by atomic mass is 79.9. The highest BCUT2D eigenvalue weighted by molar-refractivity contribution is 9.10. The quantitative estimate of drug-likeness (QED) is 0.533. The van der Waals surface area contributed by atoms with Crippen molar-refractivity contribution in [3.63, 3.8) is 0 Å². The Morgan fingerprint density at radius 1 is 1.50 bits per heavy atom. The lowest BCUT2D eigenvalue weighted by molar-refractivity contribution is -0.113. The number of nitrogens with zero attached hydrogens (tertiary/aromatic N) is 3. The monoisotopic (exact) mass is 410 g/mol. The third-order valence-corrected chi connectivity index (χ3v) is 4.63. The fourth-order valence-corrected chi connectivity index (χ4v) is 3.30. The number of carbonyl (C=O) groups excluding carboxylic acids is 1. The number of hydrogen-bond donors (Lipinski definition) is 1. The molecule has 1 aromatic carbocycles. The zero-order chi connectivity index (χ0) is 17.5. The van der Waals surface area contributed by atoms with E-state index < -0.39 is 0 Å². The number of carbonyl (C=O) groups is 1. The second-order valence-corrected chi connectivity index (χ2v) is 6.89. The smallest absolute Gasteiger partial charge is 0.234 e. The molecule has 0 aliphatic rings. The van der Waals surface area contributed by atoms with E-state index in [2.05, 4.69) is 38.0 Å². The summed E-state index contributed by atoms with van der Waals surface area (Å²) in [6, 6.07) is 5.73. The summed E-state index contributed by atoms with van der Waals surface area (Å²) in [7, 11) is 1.60. The van der Waals surface area contributed by atoms with Crippen LogP contribution >= 0.6 is 27.7 Å². The highest BCUT2D eigenvalue weighted by Crippen LogP contribution is 2.21. The lowest BCUT2D eigenvalue weighted by Crippen LogP contribution is -2.15. The van der Waals surface area contributed by atoms with E-state index in [1.54, 1.807) is 13.2 Å². The number of nitrogens with one attached hydrogen (secondary N) is 1. The fraction of sp³-hybridized carbons (Fsp3) is 0.312. The van der Waals surface area contributed by atoms with E-state index in [4.69, 9.17) is 4.74 Å². The van der Waals surface area contributed by atoms with Crippen molar-refractivity contribution in [1.82, 2.24) is 14.8 Å². The van der Waals surface area contributed by atoms with Crippen molar-refractivity contribution in [2.45, 2.75) is 25.2 Å². The average molecular weight is 411 g/mol. The fourth-order valence-electron chi connectivity index (χ4n) is 2.06. The van der Waals surface area contributed by atoms with Crippen molar-refractivity contribution < 1.29 is 9.53 Å². The van der Waals surface area contributed by atoms with Crippen LogP contribution in [0.3, 0.4) is 0 Å². The van der Waals surface area contributed by atoms with Gasteiger partial charge in [-0.25, -0.2) is 0 Å². The summed E-state index contributed by atoms with van der Waals surface area (Å²) < 4.78 is 7.98. The lowest BCUT2D eigenvalue weighted by atomic mass is 10.2. The molecule has 2 rings (SSSR count). The van der Waals surface area contributed by atoms with Gasteiger partial charge in [0.1, 0.15) is 6.61 Å². The SMILES string of the molecule is C=CCn1c(COC)nnc1SCC(=O)Nc1ccc(Br)cc1C. The van der Waals surface area contributed by atoms with Crippen molar-refractivity contribution in [3.8, 4) is 0 Å². The topological polar surface area (TPSA) is 69.0 Å². The Bertz CT molecular complexity index is 733. The molecule has 6 nitrogen and oxygen atoms in total. The molecule has 0 bridgehead atoms. The number of hydrogen-bond acceptors (Lipinski definition) is 5. The minimum atomic E-state index is -0.0909. The molecule has 128 valence electrons. The third-order valence-electron chi connectivity index (χ3n) is 3.17. The number of aromatic nitrogens is 3. The van der Waals surface area contributed by atoms with Gasteiger partial charge in [0.25, 0.3) is 0 Å². The van der Waals surface area contributed by atoms with Crippen LogP contribution in [0.1, 0.15) is 11.4 Å². The van der Waals surface area contributed by atoms with E-state index in [-0.39, 0.29) is 11.7 Å². The molecule has 1 heterocycles. The number of allylic oxidation sites excluding steroid dienone is 1. The molecule has 0 spiro atoms. The van der Waals surface area contributed by atoms with Crippen LogP contribution < -0.4 is 5.32 Å². The number of aryl methyl sites for hydroxylation is 1. The first-order valence-electron chi connectivity index (χ1n) is 7.26. The maximum absolute atomic E-state index is 12.2. The van der Waals surface area contributed by atoms with Gasteiger partial charge in [-0.1, -0.05) is 33.8 Å². The Morgan fingerprint density at radius 3 is 2.96 bits per heavy atom. The number of amides is 1. The Labute approximate surface area is 153 Å². The maximum Gasteiger partial charge on any atom is 0.234 e. The van der Waals surface area contributed by atoms with Crippen LogP contribution in [0.25, 0.3) is 0 Å². The van der Waals surface area contributed by atoms with Crippen LogP contribution in [-0.2, 0) is 22.7 Å². The molecule has 0 aliphatic heterocycles. The standard InChI is InChI=1S/C16H19BrN4O2S/c1-4-7-21-14(9-23-3)19-20-16(21)24-10-15(22)18-13-6-5-12(17)8-11(13)2/h4-6,8H,1,7,9-10H2,2-3H3,(H,18,22). The Balaban J connectivity index is 1.99. The number of rotatable bonds is 8. The normalized spacial score (nSPS) is 10.6. The molecule has 1 N–H and O–H groups in total. The summed E-state index contributed by atoms with van der Waals surface area (Å²) in [4.78, 5) is 12.2. The van der Waals surface area contributed by atoms with Gasteiger partial charge < -0.3 is 14.6 Å². The minimum absolute atomic E-state index is 0.0909. The average Bonchev–Trinajstić information content (AvgIpc) is 2.91. The first kappa shape index (κ1) is 18.7.